The number of para-hydroxylation sites is 1. The second-order valence-corrected chi connectivity index (χ2v) is 7.90. The van der Waals surface area contributed by atoms with Gasteiger partial charge in [-0.15, -0.1) is 0 Å². The summed E-state index contributed by atoms with van der Waals surface area (Å²) in [6, 6.07) is 18.3. The van der Waals surface area contributed by atoms with Gasteiger partial charge in [0.15, 0.2) is 0 Å². The predicted octanol–water partition coefficient (Wildman–Crippen LogP) is 2.63. The number of quaternary nitrogens is 1. The number of hydrogen-bond donors (Lipinski definition) is 2. The van der Waals surface area contributed by atoms with E-state index in [4.69, 9.17) is 4.74 Å². The third kappa shape index (κ3) is 4.86. The smallest absolute Gasteiger partial charge is 0.253 e. The maximum atomic E-state index is 14.7. The molecule has 1 amide bonds. The van der Waals surface area contributed by atoms with Crippen LogP contribution in [0.4, 0.5) is 4.39 Å². The molecule has 2 heterocycles. The lowest BCUT2D eigenvalue weighted by Crippen LogP contribution is -3.14. The minimum Gasteiger partial charge on any atom is -0.370 e. The average Bonchev–Trinajstić information content (AvgIpc) is 3.15. The molecule has 0 saturated carbocycles. The van der Waals surface area contributed by atoms with Gasteiger partial charge in [0.05, 0.1) is 36.7 Å². The molecule has 0 bridgehead atoms. The van der Waals surface area contributed by atoms with Crippen molar-refractivity contribution >= 4 is 5.91 Å². The van der Waals surface area contributed by atoms with Crippen LogP contribution in [0.3, 0.4) is 0 Å². The van der Waals surface area contributed by atoms with Crippen molar-refractivity contribution in [3.05, 3.63) is 77.7 Å². The molecular formula is C25H29FN3O2+. The van der Waals surface area contributed by atoms with Crippen LogP contribution in [-0.2, 0) is 4.74 Å². The monoisotopic (exact) mass is 422 g/mol. The molecular weight excluding hydrogens is 393 g/mol. The third-order valence-electron chi connectivity index (χ3n) is 5.85. The molecule has 3 aromatic rings. The molecule has 6 heteroatoms. The highest BCUT2D eigenvalue weighted by atomic mass is 19.1. The molecule has 0 atom stereocenters. The van der Waals surface area contributed by atoms with Gasteiger partial charge in [-0.25, -0.2) is 4.39 Å². The van der Waals surface area contributed by atoms with Crippen LogP contribution in [0.25, 0.3) is 16.9 Å². The fourth-order valence-electron chi connectivity index (χ4n) is 4.15. The van der Waals surface area contributed by atoms with Crippen LogP contribution in [0.1, 0.15) is 22.5 Å². The number of nitrogens with zero attached hydrogens (tertiary/aromatic N) is 1. The molecule has 1 fully saturated rings. The van der Waals surface area contributed by atoms with Gasteiger partial charge in [-0.3, -0.25) is 4.79 Å². The second kappa shape index (κ2) is 9.90. The summed E-state index contributed by atoms with van der Waals surface area (Å²) in [5.74, 6) is -0.444. The minimum atomic E-state index is -0.321. The number of halogens is 1. The van der Waals surface area contributed by atoms with Crippen LogP contribution >= 0.6 is 0 Å². The summed E-state index contributed by atoms with van der Waals surface area (Å²) in [4.78, 5) is 14.5. The van der Waals surface area contributed by atoms with Gasteiger partial charge >= 0.3 is 0 Å². The highest BCUT2D eigenvalue weighted by molar-refractivity contribution is 5.97. The van der Waals surface area contributed by atoms with Crippen molar-refractivity contribution in [2.24, 2.45) is 0 Å². The van der Waals surface area contributed by atoms with Gasteiger partial charge < -0.3 is 19.5 Å². The Morgan fingerprint density at radius 2 is 1.81 bits per heavy atom. The molecule has 0 unspecified atom stereocenters. The fraction of sp³-hybridized carbons (Fsp3) is 0.320. The number of nitrogens with one attached hydrogen (secondary N) is 2. The number of amides is 1. The summed E-state index contributed by atoms with van der Waals surface area (Å²) in [5, 5.41) is 3.05. The molecule has 31 heavy (non-hydrogen) atoms. The zero-order valence-corrected chi connectivity index (χ0v) is 17.9. The van der Waals surface area contributed by atoms with Crippen LogP contribution in [0, 0.1) is 12.7 Å². The molecule has 1 aromatic heterocycles. The third-order valence-corrected chi connectivity index (χ3v) is 5.85. The highest BCUT2D eigenvalue weighted by Gasteiger charge is 2.21. The molecule has 0 spiro atoms. The molecule has 2 aromatic carbocycles. The Bertz CT molecular complexity index is 1030. The maximum Gasteiger partial charge on any atom is 0.253 e. The van der Waals surface area contributed by atoms with Gasteiger partial charge in [-0.05, 0) is 30.7 Å². The van der Waals surface area contributed by atoms with Crippen molar-refractivity contribution < 1.29 is 18.8 Å². The minimum absolute atomic E-state index is 0.123. The summed E-state index contributed by atoms with van der Waals surface area (Å²) < 4.78 is 21.9. The fourth-order valence-corrected chi connectivity index (χ4v) is 4.15. The largest absolute Gasteiger partial charge is 0.370 e. The van der Waals surface area contributed by atoms with Crippen LogP contribution in [-0.4, -0.2) is 49.9 Å². The van der Waals surface area contributed by atoms with E-state index in [-0.39, 0.29) is 11.7 Å². The first kappa shape index (κ1) is 21.3. The number of morpholine rings is 1. The van der Waals surface area contributed by atoms with E-state index in [0.717, 1.165) is 56.2 Å². The quantitative estimate of drug-likeness (QED) is 0.575. The van der Waals surface area contributed by atoms with Crippen molar-refractivity contribution in [2.45, 2.75) is 13.3 Å². The molecule has 162 valence electrons. The lowest BCUT2D eigenvalue weighted by atomic mass is 10.1. The first-order valence-electron chi connectivity index (χ1n) is 10.9. The lowest BCUT2D eigenvalue weighted by molar-refractivity contribution is -0.908. The van der Waals surface area contributed by atoms with Crippen molar-refractivity contribution in [2.75, 3.05) is 39.4 Å². The SMILES string of the molecule is Cc1c(C(=O)NCCC[NH+]2CCOCC2)cc(-c2ccccc2)n1-c1ccccc1F. The number of benzene rings is 2. The topological polar surface area (TPSA) is 47.7 Å². The average molecular weight is 423 g/mol. The number of hydrogen-bond acceptors (Lipinski definition) is 2. The summed E-state index contributed by atoms with van der Waals surface area (Å²) in [6.45, 7) is 7.19. The molecule has 0 aliphatic carbocycles. The van der Waals surface area contributed by atoms with Gasteiger partial charge in [0.25, 0.3) is 5.91 Å². The second-order valence-electron chi connectivity index (χ2n) is 7.90. The summed E-state index contributed by atoms with van der Waals surface area (Å²) in [7, 11) is 0. The molecule has 1 aliphatic heterocycles. The maximum absolute atomic E-state index is 14.7. The van der Waals surface area contributed by atoms with E-state index >= 15 is 0 Å². The van der Waals surface area contributed by atoms with Crippen LogP contribution in [0.5, 0.6) is 0 Å². The van der Waals surface area contributed by atoms with Crippen LogP contribution < -0.4 is 10.2 Å². The predicted molar refractivity (Wildman–Crippen MR) is 119 cm³/mol. The number of rotatable bonds is 7. The molecule has 1 aliphatic rings. The normalized spacial score (nSPS) is 14.5. The molecule has 5 nitrogen and oxygen atoms in total. The molecule has 2 N–H and O–H groups in total. The first-order valence-corrected chi connectivity index (χ1v) is 10.9. The Kier molecular flexibility index (Phi) is 6.79. The first-order chi connectivity index (χ1) is 15.1. The van der Waals surface area contributed by atoms with E-state index < -0.39 is 0 Å². The summed E-state index contributed by atoms with van der Waals surface area (Å²) >= 11 is 0. The molecule has 0 radical (unpaired) electrons. The van der Waals surface area contributed by atoms with E-state index in [1.807, 2.05) is 47.9 Å². The van der Waals surface area contributed by atoms with E-state index in [2.05, 4.69) is 5.32 Å². The number of ether oxygens (including phenoxy) is 1. The van der Waals surface area contributed by atoms with Crippen molar-refractivity contribution in [3.63, 3.8) is 0 Å². The Morgan fingerprint density at radius 3 is 2.55 bits per heavy atom. The Balaban J connectivity index is 1.55. The van der Waals surface area contributed by atoms with Crippen LogP contribution in [0.15, 0.2) is 60.7 Å². The van der Waals surface area contributed by atoms with Gasteiger partial charge in [-0.1, -0.05) is 42.5 Å². The number of carbonyl (C=O) groups is 1. The van der Waals surface area contributed by atoms with Crippen molar-refractivity contribution in [3.8, 4) is 16.9 Å². The Hall–Kier alpha value is -2.96. The van der Waals surface area contributed by atoms with Crippen LogP contribution in [0.2, 0.25) is 0 Å². The van der Waals surface area contributed by atoms with Gasteiger partial charge in [0, 0.05) is 18.7 Å². The van der Waals surface area contributed by atoms with E-state index in [0.29, 0.717) is 17.8 Å². The van der Waals surface area contributed by atoms with Gasteiger partial charge in [0.2, 0.25) is 0 Å². The summed E-state index contributed by atoms with van der Waals surface area (Å²) in [5.41, 5.74) is 3.46. The van der Waals surface area contributed by atoms with Gasteiger partial charge in [0.1, 0.15) is 18.9 Å². The molecule has 1 saturated heterocycles. The van der Waals surface area contributed by atoms with Gasteiger partial charge in [-0.2, -0.15) is 0 Å². The van der Waals surface area contributed by atoms with E-state index in [9.17, 15) is 9.18 Å². The number of aromatic nitrogens is 1. The number of carbonyl (C=O) groups excluding carboxylic acids is 1. The highest BCUT2D eigenvalue weighted by Crippen LogP contribution is 2.30. The Labute approximate surface area is 182 Å². The zero-order chi connectivity index (χ0) is 21.6. The molecule has 4 rings (SSSR count). The summed E-state index contributed by atoms with van der Waals surface area (Å²) in [6.07, 6.45) is 0.916. The zero-order valence-electron chi connectivity index (χ0n) is 17.9. The van der Waals surface area contributed by atoms with Crippen molar-refractivity contribution in [1.82, 2.24) is 9.88 Å². The Morgan fingerprint density at radius 1 is 1.10 bits per heavy atom. The van der Waals surface area contributed by atoms with E-state index in [1.54, 1.807) is 18.2 Å². The van der Waals surface area contributed by atoms with Crippen molar-refractivity contribution in [1.29, 1.82) is 0 Å². The lowest BCUT2D eigenvalue weighted by Gasteiger charge is -2.23. The standard InChI is InChI=1S/C25H28FN3O2/c1-19-21(25(30)27-12-7-13-28-14-16-31-17-15-28)18-24(20-8-3-2-4-9-20)29(19)23-11-6-5-10-22(23)26/h2-6,8-11,18H,7,12-17H2,1H3,(H,27,30)/p+1. The van der Waals surface area contributed by atoms with E-state index in [1.165, 1.54) is 11.0 Å².